The Hall–Kier alpha value is -3.71. The highest BCUT2D eigenvalue weighted by Crippen LogP contribution is 2.30. The predicted octanol–water partition coefficient (Wildman–Crippen LogP) is 4.73. The van der Waals surface area contributed by atoms with E-state index in [0.29, 0.717) is 5.69 Å². The van der Waals surface area contributed by atoms with Crippen LogP contribution in [0.1, 0.15) is 5.69 Å². The lowest BCUT2D eigenvalue weighted by Crippen LogP contribution is -2.38. The summed E-state index contributed by atoms with van der Waals surface area (Å²) in [5, 5.41) is 2.96. The molecule has 0 saturated heterocycles. The van der Waals surface area contributed by atoms with Gasteiger partial charge in [0.25, 0.3) is 20.0 Å². The Morgan fingerprint density at radius 1 is 0.872 bits per heavy atom. The molecule has 0 bridgehead atoms. The number of rotatable bonds is 9. The van der Waals surface area contributed by atoms with E-state index in [1.165, 1.54) is 60.8 Å². The molecule has 0 saturated carbocycles. The van der Waals surface area contributed by atoms with Gasteiger partial charge in [0.2, 0.25) is 11.9 Å². The number of hydrogen-bond donors (Lipinski definition) is 2. The first-order valence-corrected chi connectivity index (χ1v) is 14.9. The average molecular weight is 607 g/mol. The van der Waals surface area contributed by atoms with Crippen molar-refractivity contribution in [3.8, 4) is 0 Å². The smallest absolute Gasteiger partial charge is 0.264 e. The van der Waals surface area contributed by atoms with Crippen LogP contribution >= 0.6 is 23.2 Å². The first kappa shape index (κ1) is 28.3. The molecule has 4 aromatic rings. The van der Waals surface area contributed by atoms with Gasteiger partial charge < -0.3 is 5.32 Å². The number of hydrogen-bond acceptors (Lipinski definition) is 7. The Labute approximate surface area is 235 Å². The fraction of sp³-hybridized carbons (Fsp3) is 0.0800. The van der Waals surface area contributed by atoms with Crippen LogP contribution in [0.25, 0.3) is 0 Å². The Balaban J connectivity index is 1.54. The molecule has 0 fully saturated rings. The van der Waals surface area contributed by atoms with Gasteiger partial charge in [-0.05, 0) is 67.6 Å². The van der Waals surface area contributed by atoms with E-state index in [1.807, 2.05) is 0 Å². The summed E-state index contributed by atoms with van der Waals surface area (Å²) in [7, 11) is -8.17. The summed E-state index contributed by atoms with van der Waals surface area (Å²) in [4.78, 5) is 20.7. The van der Waals surface area contributed by atoms with Gasteiger partial charge in [0.15, 0.2) is 0 Å². The zero-order valence-corrected chi connectivity index (χ0v) is 23.4. The maximum absolute atomic E-state index is 13.4. The Morgan fingerprint density at radius 3 is 2.13 bits per heavy atom. The molecule has 0 radical (unpaired) electrons. The van der Waals surface area contributed by atoms with Gasteiger partial charge in [-0.3, -0.25) is 9.10 Å². The fourth-order valence-corrected chi connectivity index (χ4v) is 6.33. The third-order valence-electron chi connectivity index (χ3n) is 5.22. The van der Waals surface area contributed by atoms with Gasteiger partial charge in [0.1, 0.15) is 6.54 Å². The molecule has 202 valence electrons. The van der Waals surface area contributed by atoms with Gasteiger partial charge in [0.05, 0.1) is 15.5 Å². The molecule has 0 unspecified atom stereocenters. The number of nitrogens with one attached hydrogen (secondary N) is 2. The van der Waals surface area contributed by atoms with Crippen molar-refractivity contribution in [2.75, 3.05) is 20.9 Å². The van der Waals surface area contributed by atoms with Crippen molar-refractivity contribution in [3.63, 3.8) is 0 Å². The Bertz CT molecular complexity index is 1700. The molecule has 0 spiro atoms. The van der Waals surface area contributed by atoms with Gasteiger partial charge in [0, 0.05) is 27.6 Å². The molecule has 2 N–H and O–H groups in total. The van der Waals surface area contributed by atoms with E-state index in [2.05, 4.69) is 20.0 Å². The third kappa shape index (κ3) is 7.03. The third-order valence-corrected chi connectivity index (χ3v) is 8.79. The molecule has 0 atom stereocenters. The van der Waals surface area contributed by atoms with Gasteiger partial charge in [-0.2, -0.15) is 0 Å². The van der Waals surface area contributed by atoms with Crippen molar-refractivity contribution in [1.82, 2.24) is 9.97 Å². The summed E-state index contributed by atoms with van der Waals surface area (Å²) in [6.45, 7) is 1.09. The second kappa shape index (κ2) is 11.6. The number of aromatic nitrogens is 2. The maximum atomic E-state index is 13.4. The maximum Gasteiger partial charge on any atom is 0.264 e. The predicted molar refractivity (Wildman–Crippen MR) is 150 cm³/mol. The molecule has 39 heavy (non-hydrogen) atoms. The molecule has 1 amide bonds. The molecular formula is C25H21Cl2N5O5S2. The topological polar surface area (TPSA) is 138 Å². The van der Waals surface area contributed by atoms with Crippen LogP contribution in [0.15, 0.2) is 94.9 Å². The molecule has 1 aromatic heterocycles. The lowest BCUT2D eigenvalue weighted by atomic mass is 10.3. The highest BCUT2D eigenvalue weighted by molar-refractivity contribution is 7.93. The van der Waals surface area contributed by atoms with Crippen LogP contribution in [-0.4, -0.2) is 39.3 Å². The number of nitrogens with zero attached hydrogens (tertiary/aromatic N) is 3. The van der Waals surface area contributed by atoms with E-state index in [-0.39, 0.29) is 37.2 Å². The minimum absolute atomic E-state index is 0.0338. The normalized spacial score (nSPS) is 11.6. The quantitative estimate of drug-likeness (QED) is 0.281. The van der Waals surface area contributed by atoms with E-state index in [4.69, 9.17) is 23.2 Å². The van der Waals surface area contributed by atoms with Crippen molar-refractivity contribution in [1.29, 1.82) is 0 Å². The Morgan fingerprint density at radius 2 is 1.51 bits per heavy atom. The largest absolute Gasteiger partial charge is 0.325 e. The number of halogens is 2. The van der Waals surface area contributed by atoms with Gasteiger partial charge in [-0.15, -0.1) is 0 Å². The van der Waals surface area contributed by atoms with Crippen LogP contribution in [0, 0.1) is 6.92 Å². The molecule has 0 aliphatic heterocycles. The zero-order chi connectivity index (χ0) is 28.2. The van der Waals surface area contributed by atoms with Crippen molar-refractivity contribution in [2.24, 2.45) is 0 Å². The SMILES string of the molecule is Cc1ccnc(NS(=O)(=O)c2ccc(NC(=O)CN(c3cc(Cl)cc(Cl)c3)S(=O)(=O)c3ccccc3)cc2)n1. The molecule has 0 aliphatic rings. The van der Waals surface area contributed by atoms with Gasteiger partial charge >= 0.3 is 0 Å². The minimum atomic E-state index is -4.18. The highest BCUT2D eigenvalue weighted by Gasteiger charge is 2.28. The first-order valence-electron chi connectivity index (χ1n) is 11.2. The van der Waals surface area contributed by atoms with Crippen molar-refractivity contribution in [2.45, 2.75) is 16.7 Å². The van der Waals surface area contributed by atoms with Crippen LogP contribution < -0.4 is 14.3 Å². The summed E-state index contributed by atoms with van der Waals surface area (Å²) in [6, 6.07) is 18.7. The molecule has 14 heteroatoms. The van der Waals surface area contributed by atoms with E-state index >= 15 is 0 Å². The number of carbonyl (C=O) groups excluding carboxylic acids is 1. The van der Waals surface area contributed by atoms with E-state index in [9.17, 15) is 21.6 Å². The lowest BCUT2D eigenvalue weighted by molar-refractivity contribution is -0.114. The van der Waals surface area contributed by atoms with Crippen molar-refractivity contribution >= 4 is 66.5 Å². The molecule has 3 aromatic carbocycles. The summed E-state index contributed by atoms with van der Waals surface area (Å²) in [5.41, 5.74) is 0.924. The monoisotopic (exact) mass is 605 g/mol. The zero-order valence-electron chi connectivity index (χ0n) is 20.2. The summed E-state index contributed by atoms with van der Waals surface area (Å²) in [6.07, 6.45) is 1.43. The number of amides is 1. The van der Waals surface area contributed by atoms with E-state index in [0.717, 1.165) is 4.31 Å². The van der Waals surface area contributed by atoms with Gasteiger partial charge in [-0.1, -0.05) is 41.4 Å². The molecule has 1 heterocycles. The number of sulfonamides is 2. The van der Waals surface area contributed by atoms with Crippen molar-refractivity contribution < 1.29 is 21.6 Å². The molecule has 4 rings (SSSR count). The summed E-state index contributed by atoms with van der Waals surface area (Å²) < 4.78 is 55.4. The van der Waals surface area contributed by atoms with Crippen LogP contribution in [0.3, 0.4) is 0 Å². The van der Waals surface area contributed by atoms with Crippen LogP contribution in [0.5, 0.6) is 0 Å². The minimum Gasteiger partial charge on any atom is -0.325 e. The molecular weight excluding hydrogens is 585 g/mol. The van der Waals surface area contributed by atoms with Crippen LogP contribution in [-0.2, 0) is 24.8 Å². The van der Waals surface area contributed by atoms with Crippen LogP contribution in [0.2, 0.25) is 10.0 Å². The fourth-order valence-electron chi connectivity index (χ4n) is 3.44. The number of anilines is 3. The number of aryl methyl sites for hydroxylation is 1. The standard InChI is InChI=1S/C25H21Cl2N5O5S2/c1-17-11-12-28-25(29-17)31-38(34,35)22-9-7-20(8-10-22)30-24(33)16-32(21-14-18(26)13-19(27)15-21)39(36,37)23-5-3-2-4-6-23/h2-15H,16H2,1H3,(H,30,33)(H,28,29,31). The molecule has 10 nitrogen and oxygen atoms in total. The lowest BCUT2D eigenvalue weighted by Gasteiger charge is -2.24. The second-order valence-corrected chi connectivity index (χ2v) is 12.6. The molecule has 0 aliphatic carbocycles. The summed E-state index contributed by atoms with van der Waals surface area (Å²) >= 11 is 12.2. The Kier molecular flexibility index (Phi) is 8.40. The highest BCUT2D eigenvalue weighted by atomic mass is 35.5. The van der Waals surface area contributed by atoms with Crippen molar-refractivity contribution in [3.05, 3.63) is 101 Å². The van der Waals surface area contributed by atoms with E-state index < -0.39 is 32.5 Å². The van der Waals surface area contributed by atoms with Gasteiger partial charge in [-0.25, -0.2) is 31.5 Å². The first-order chi connectivity index (χ1) is 18.4. The van der Waals surface area contributed by atoms with Crippen LogP contribution in [0.4, 0.5) is 17.3 Å². The second-order valence-electron chi connectivity index (χ2n) is 8.15. The number of carbonyl (C=O) groups is 1. The number of benzene rings is 3. The van der Waals surface area contributed by atoms with E-state index in [1.54, 1.807) is 31.2 Å². The average Bonchev–Trinajstić information content (AvgIpc) is 2.87. The summed E-state index contributed by atoms with van der Waals surface area (Å²) in [5.74, 6) is -0.763.